The lowest BCUT2D eigenvalue weighted by atomic mass is 9.68. The lowest BCUT2D eigenvalue weighted by Gasteiger charge is -2.41. The van der Waals surface area contributed by atoms with Gasteiger partial charge in [-0.15, -0.1) is 0 Å². The first-order valence-electron chi connectivity index (χ1n) is 5.11. The Hall–Kier alpha value is -1.24. The van der Waals surface area contributed by atoms with Crippen molar-refractivity contribution in [1.82, 2.24) is 0 Å². The first-order chi connectivity index (χ1) is 6.93. The monoisotopic (exact) mass is 208 g/mol. The number of isocyanates is 2. The van der Waals surface area contributed by atoms with E-state index in [2.05, 4.69) is 30.8 Å². The SMILES string of the molecule is CC1CC(C)(C)CC(N=C=O)(N=C=O)C1. The molecule has 4 nitrogen and oxygen atoms in total. The molecule has 1 saturated carbocycles. The van der Waals surface area contributed by atoms with E-state index in [9.17, 15) is 9.59 Å². The van der Waals surface area contributed by atoms with E-state index >= 15 is 0 Å². The standard InChI is InChI=1S/C11H16N2O2/c1-9-4-10(2,3)6-11(5-9,12-7-14)13-8-15/h9H,4-6H2,1-3H3. The lowest BCUT2D eigenvalue weighted by Crippen LogP contribution is -2.39. The fourth-order valence-electron chi connectivity index (χ4n) is 2.85. The molecule has 0 aliphatic heterocycles. The second-order valence-corrected chi connectivity index (χ2v) is 5.24. The Morgan fingerprint density at radius 1 is 1.13 bits per heavy atom. The fourth-order valence-corrected chi connectivity index (χ4v) is 2.85. The molecule has 15 heavy (non-hydrogen) atoms. The normalized spacial score (nSPS) is 33.7. The second-order valence-electron chi connectivity index (χ2n) is 5.24. The average molecular weight is 208 g/mol. The van der Waals surface area contributed by atoms with Crippen LogP contribution < -0.4 is 0 Å². The van der Waals surface area contributed by atoms with E-state index in [1.807, 2.05) is 0 Å². The van der Waals surface area contributed by atoms with Crippen molar-refractivity contribution < 1.29 is 9.59 Å². The van der Waals surface area contributed by atoms with Gasteiger partial charge in [-0.1, -0.05) is 20.8 Å². The summed E-state index contributed by atoms with van der Waals surface area (Å²) in [6.07, 6.45) is 5.33. The molecule has 1 fully saturated rings. The van der Waals surface area contributed by atoms with E-state index in [0.717, 1.165) is 6.42 Å². The zero-order valence-corrected chi connectivity index (χ0v) is 9.41. The molecule has 0 aromatic heterocycles. The van der Waals surface area contributed by atoms with Crippen molar-refractivity contribution in [1.29, 1.82) is 0 Å². The summed E-state index contributed by atoms with van der Waals surface area (Å²) in [5, 5.41) is 0. The van der Waals surface area contributed by atoms with E-state index in [1.54, 1.807) is 0 Å². The molecule has 1 unspecified atom stereocenters. The summed E-state index contributed by atoms with van der Waals surface area (Å²) in [5.41, 5.74) is -0.872. The van der Waals surface area contributed by atoms with Crippen molar-refractivity contribution >= 4 is 12.2 Å². The van der Waals surface area contributed by atoms with Crippen LogP contribution in [0.2, 0.25) is 0 Å². The third-order valence-corrected chi connectivity index (χ3v) is 2.85. The van der Waals surface area contributed by atoms with Crippen LogP contribution in [-0.4, -0.2) is 17.8 Å². The molecular weight excluding hydrogens is 192 g/mol. The summed E-state index contributed by atoms with van der Waals surface area (Å²) in [4.78, 5) is 28.2. The van der Waals surface area contributed by atoms with Crippen LogP contribution in [0.5, 0.6) is 0 Å². The number of hydrogen-bond acceptors (Lipinski definition) is 4. The number of hydrogen-bond donors (Lipinski definition) is 0. The molecular formula is C11H16N2O2. The van der Waals surface area contributed by atoms with Crippen molar-refractivity contribution in [2.75, 3.05) is 0 Å². The first-order valence-corrected chi connectivity index (χ1v) is 5.11. The molecule has 82 valence electrons. The Morgan fingerprint density at radius 3 is 2.07 bits per heavy atom. The van der Waals surface area contributed by atoms with Gasteiger partial charge in [0.25, 0.3) is 0 Å². The highest BCUT2D eigenvalue weighted by atomic mass is 16.1. The fraction of sp³-hybridized carbons (Fsp3) is 0.818. The molecule has 0 radical (unpaired) electrons. The lowest BCUT2D eigenvalue weighted by molar-refractivity contribution is 0.115. The molecule has 0 aromatic rings. The van der Waals surface area contributed by atoms with Gasteiger partial charge in [-0.2, -0.15) is 9.98 Å². The number of rotatable bonds is 2. The second kappa shape index (κ2) is 4.09. The van der Waals surface area contributed by atoms with Crippen LogP contribution in [0, 0.1) is 11.3 Å². The van der Waals surface area contributed by atoms with E-state index in [1.165, 1.54) is 12.2 Å². The number of nitrogens with zero attached hydrogens (tertiary/aromatic N) is 2. The molecule has 0 spiro atoms. The molecule has 1 rings (SSSR count). The number of aliphatic imine (C=N–C) groups is 2. The third-order valence-electron chi connectivity index (χ3n) is 2.85. The molecule has 4 heteroatoms. The van der Waals surface area contributed by atoms with Gasteiger partial charge in [-0.05, 0) is 30.6 Å². The highest BCUT2D eigenvalue weighted by Crippen LogP contribution is 2.46. The van der Waals surface area contributed by atoms with Crippen LogP contribution in [0.3, 0.4) is 0 Å². The van der Waals surface area contributed by atoms with Gasteiger partial charge in [-0.3, -0.25) is 0 Å². The van der Waals surface area contributed by atoms with Crippen molar-refractivity contribution in [3.8, 4) is 0 Å². The van der Waals surface area contributed by atoms with Gasteiger partial charge in [0, 0.05) is 0 Å². The van der Waals surface area contributed by atoms with Gasteiger partial charge in [0.1, 0.15) is 0 Å². The maximum absolute atomic E-state index is 10.4. The predicted octanol–water partition coefficient (Wildman–Crippen LogP) is 2.20. The maximum atomic E-state index is 10.4. The van der Waals surface area contributed by atoms with Gasteiger partial charge in [0.15, 0.2) is 5.66 Å². The molecule has 0 bridgehead atoms. The Bertz CT molecular complexity index is 318. The molecule has 0 amide bonds. The van der Waals surface area contributed by atoms with Crippen molar-refractivity contribution in [3.05, 3.63) is 0 Å². The molecule has 1 atom stereocenters. The zero-order valence-electron chi connectivity index (χ0n) is 9.41. The van der Waals surface area contributed by atoms with Crippen LogP contribution >= 0.6 is 0 Å². The van der Waals surface area contributed by atoms with Crippen molar-refractivity contribution in [2.24, 2.45) is 21.3 Å². The average Bonchev–Trinajstić information content (AvgIpc) is 1.99. The summed E-state index contributed by atoms with van der Waals surface area (Å²) in [7, 11) is 0. The molecule has 0 heterocycles. The van der Waals surface area contributed by atoms with Crippen LogP contribution in [0.15, 0.2) is 9.98 Å². The van der Waals surface area contributed by atoms with Crippen LogP contribution in [0.1, 0.15) is 40.0 Å². The zero-order chi connectivity index (χ0) is 11.5. The molecule has 0 N–H and O–H groups in total. The summed E-state index contributed by atoms with van der Waals surface area (Å²) < 4.78 is 0. The molecule has 0 aromatic carbocycles. The summed E-state index contributed by atoms with van der Waals surface area (Å²) in [6.45, 7) is 6.27. The van der Waals surface area contributed by atoms with Gasteiger partial charge in [0.05, 0.1) is 0 Å². The van der Waals surface area contributed by atoms with Crippen LogP contribution in [0.4, 0.5) is 0 Å². The van der Waals surface area contributed by atoms with E-state index in [0.29, 0.717) is 18.8 Å². The summed E-state index contributed by atoms with van der Waals surface area (Å²) in [6, 6.07) is 0. The minimum atomic E-state index is -0.912. The Morgan fingerprint density at radius 2 is 1.67 bits per heavy atom. The van der Waals surface area contributed by atoms with Crippen LogP contribution in [0.25, 0.3) is 0 Å². The number of carbonyl (C=O) groups excluding carboxylic acids is 2. The van der Waals surface area contributed by atoms with Gasteiger partial charge in [-0.25, -0.2) is 9.59 Å². The van der Waals surface area contributed by atoms with Gasteiger partial charge in [0.2, 0.25) is 12.2 Å². The van der Waals surface area contributed by atoms with E-state index in [-0.39, 0.29) is 5.41 Å². The van der Waals surface area contributed by atoms with E-state index in [4.69, 9.17) is 0 Å². The summed E-state index contributed by atoms with van der Waals surface area (Å²) >= 11 is 0. The highest BCUT2D eigenvalue weighted by Gasteiger charge is 2.43. The quantitative estimate of drug-likeness (QED) is 0.516. The van der Waals surface area contributed by atoms with E-state index < -0.39 is 5.66 Å². The third kappa shape index (κ3) is 2.85. The Balaban J connectivity index is 3.07. The molecule has 1 aliphatic rings. The largest absolute Gasteiger partial charge is 0.237 e. The maximum Gasteiger partial charge on any atom is 0.237 e. The van der Waals surface area contributed by atoms with Gasteiger partial charge < -0.3 is 0 Å². The minimum absolute atomic E-state index is 0.0400. The van der Waals surface area contributed by atoms with Crippen molar-refractivity contribution in [2.45, 2.75) is 45.7 Å². The molecule has 0 saturated heterocycles. The highest BCUT2D eigenvalue weighted by molar-refractivity contribution is 5.39. The van der Waals surface area contributed by atoms with Gasteiger partial charge >= 0.3 is 0 Å². The molecule has 1 aliphatic carbocycles. The van der Waals surface area contributed by atoms with Crippen molar-refractivity contribution in [3.63, 3.8) is 0 Å². The first kappa shape index (κ1) is 11.8. The Kier molecular flexibility index (Phi) is 3.23. The Labute approximate surface area is 89.5 Å². The topological polar surface area (TPSA) is 58.9 Å². The predicted molar refractivity (Wildman–Crippen MR) is 55.8 cm³/mol. The van der Waals surface area contributed by atoms with Crippen LogP contribution in [-0.2, 0) is 9.59 Å². The minimum Gasteiger partial charge on any atom is -0.211 e. The summed E-state index contributed by atoms with van der Waals surface area (Å²) in [5.74, 6) is 0.392. The smallest absolute Gasteiger partial charge is 0.211 e.